The lowest BCUT2D eigenvalue weighted by atomic mass is 9.73. The third kappa shape index (κ3) is 1.98. The van der Waals surface area contributed by atoms with E-state index in [0.717, 1.165) is 11.2 Å². The molecule has 5 nitrogen and oxygen atoms in total. The van der Waals surface area contributed by atoms with E-state index in [9.17, 15) is 0 Å². The molecule has 19 heavy (non-hydrogen) atoms. The summed E-state index contributed by atoms with van der Waals surface area (Å²) in [4.78, 5) is 8.99. The van der Waals surface area contributed by atoms with Crippen molar-refractivity contribution in [2.24, 2.45) is 18.7 Å². The van der Waals surface area contributed by atoms with Crippen molar-refractivity contribution >= 4 is 11.2 Å². The van der Waals surface area contributed by atoms with E-state index in [4.69, 9.17) is 10.5 Å². The average molecular weight is 260 g/mol. The summed E-state index contributed by atoms with van der Waals surface area (Å²) in [5, 5.41) is 0. The second-order valence-electron chi connectivity index (χ2n) is 5.31. The molecule has 0 bridgehead atoms. The summed E-state index contributed by atoms with van der Waals surface area (Å²) in [6.07, 6.45) is 7.65. The van der Waals surface area contributed by atoms with Gasteiger partial charge in [0.05, 0.1) is 13.3 Å². The number of rotatable bonds is 4. The highest BCUT2D eigenvalue weighted by molar-refractivity contribution is 5.77. The van der Waals surface area contributed by atoms with Crippen molar-refractivity contribution in [2.45, 2.75) is 25.2 Å². The minimum Gasteiger partial charge on any atom is -0.480 e. The Labute approximate surface area is 112 Å². The molecule has 0 aliphatic heterocycles. The fourth-order valence-corrected chi connectivity index (χ4v) is 2.93. The zero-order chi connectivity index (χ0) is 13.4. The van der Waals surface area contributed by atoms with Crippen LogP contribution in [0.3, 0.4) is 0 Å². The molecule has 0 radical (unpaired) electrons. The molecule has 1 aliphatic rings. The molecule has 1 aliphatic carbocycles. The van der Waals surface area contributed by atoms with Gasteiger partial charge in [0.25, 0.3) is 0 Å². The summed E-state index contributed by atoms with van der Waals surface area (Å²) < 4.78 is 7.21. The van der Waals surface area contributed by atoms with Gasteiger partial charge in [0.2, 0.25) is 5.88 Å². The summed E-state index contributed by atoms with van der Waals surface area (Å²) in [5.41, 5.74) is 9.05. The molecule has 0 saturated heterocycles. The maximum atomic E-state index is 6.00. The van der Waals surface area contributed by atoms with E-state index in [-0.39, 0.29) is 0 Å². The van der Waals surface area contributed by atoms with E-state index in [1.165, 1.54) is 24.8 Å². The van der Waals surface area contributed by atoms with Crippen LogP contribution in [0.4, 0.5) is 0 Å². The van der Waals surface area contributed by atoms with Crippen molar-refractivity contribution in [2.75, 3.05) is 13.7 Å². The van der Waals surface area contributed by atoms with Crippen LogP contribution in [-0.2, 0) is 7.05 Å². The molecule has 5 heteroatoms. The Balaban J connectivity index is 2.10. The zero-order valence-electron chi connectivity index (χ0n) is 11.5. The van der Waals surface area contributed by atoms with Gasteiger partial charge in [-0.25, -0.2) is 9.97 Å². The van der Waals surface area contributed by atoms with Crippen LogP contribution >= 0.6 is 0 Å². The molecule has 2 aromatic rings. The summed E-state index contributed by atoms with van der Waals surface area (Å²) in [6, 6.07) is 0. The third-order valence-corrected chi connectivity index (χ3v) is 4.25. The Morgan fingerprint density at radius 3 is 2.89 bits per heavy atom. The van der Waals surface area contributed by atoms with E-state index in [0.29, 0.717) is 24.3 Å². The van der Waals surface area contributed by atoms with E-state index in [1.54, 1.807) is 13.3 Å². The van der Waals surface area contributed by atoms with Crippen LogP contribution in [0.15, 0.2) is 12.4 Å². The predicted octanol–water partition coefficient (Wildman–Crippen LogP) is 1.82. The fourth-order valence-electron chi connectivity index (χ4n) is 2.93. The van der Waals surface area contributed by atoms with Gasteiger partial charge in [-0.05, 0) is 25.3 Å². The number of methoxy groups -OCH3 is 1. The maximum absolute atomic E-state index is 6.00. The second kappa shape index (κ2) is 4.81. The lowest BCUT2D eigenvalue weighted by Gasteiger charge is -2.32. The number of ether oxygens (including phenoxy) is 1. The van der Waals surface area contributed by atoms with Crippen molar-refractivity contribution < 1.29 is 4.74 Å². The summed E-state index contributed by atoms with van der Waals surface area (Å²) in [7, 11) is 3.62. The van der Waals surface area contributed by atoms with Crippen molar-refractivity contribution in [1.82, 2.24) is 14.5 Å². The minimum atomic E-state index is 0.388. The molecule has 1 unspecified atom stereocenters. The van der Waals surface area contributed by atoms with Gasteiger partial charge in [0.15, 0.2) is 5.65 Å². The zero-order valence-corrected chi connectivity index (χ0v) is 11.5. The molecule has 2 heterocycles. The van der Waals surface area contributed by atoms with Gasteiger partial charge in [-0.1, -0.05) is 6.42 Å². The van der Waals surface area contributed by atoms with Crippen molar-refractivity contribution in [3.63, 3.8) is 0 Å². The van der Waals surface area contributed by atoms with Gasteiger partial charge in [0, 0.05) is 24.7 Å². The maximum Gasteiger partial charge on any atom is 0.232 e. The SMILES string of the molecule is COc1cnc2c(n1)c(C(CN)C1CCC1)cn2C. The highest BCUT2D eigenvalue weighted by atomic mass is 16.5. The molecule has 0 aromatic carbocycles. The molecule has 1 atom stereocenters. The number of hydrogen-bond donors (Lipinski definition) is 1. The van der Waals surface area contributed by atoms with E-state index >= 15 is 0 Å². The van der Waals surface area contributed by atoms with Crippen LogP contribution in [-0.4, -0.2) is 28.2 Å². The summed E-state index contributed by atoms with van der Waals surface area (Å²) >= 11 is 0. The number of nitrogens with zero attached hydrogens (tertiary/aromatic N) is 3. The van der Waals surface area contributed by atoms with Crippen molar-refractivity contribution in [3.8, 4) is 5.88 Å². The average Bonchev–Trinajstić information content (AvgIpc) is 2.70. The minimum absolute atomic E-state index is 0.388. The number of fused-ring (bicyclic) bond motifs is 1. The lowest BCUT2D eigenvalue weighted by Crippen LogP contribution is -2.26. The largest absolute Gasteiger partial charge is 0.480 e. The van der Waals surface area contributed by atoms with Gasteiger partial charge in [-0.15, -0.1) is 0 Å². The first-order valence-electron chi connectivity index (χ1n) is 6.80. The van der Waals surface area contributed by atoms with Crippen LogP contribution in [0.25, 0.3) is 11.2 Å². The molecular formula is C14H20N4O. The molecule has 0 amide bonds. The first-order valence-corrected chi connectivity index (χ1v) is 6.80. The number of aromatic nitrogens is 3. The molecule has 2 aromatic heterocycles. The summed E-state index contributed by atoms with van der Waals surface area (Å²) in [6.45, 7) is 0.669. The molecule has 102 valence electrons. The Hall–Kier alpha value is -1.62. The van der Waals surface area contributed by atoms with Gasteiger partial charge in [-0.3, -0.25) is 0 Å². The Morgan fingerprint density at radius 1 is 1.53 bits per heavy atom. The Bertz CT molecular complexity index is 588. The molecular weight excluding hydrogens is 240 g/mol. The van der Waals surface area contributed by atoms with Gasteiger partial charge < -0.3 is 15.0 Å². The smallest absolute Gasteiger partial charge is 0.232 e. The van der Waals surface area contributed by atoms with E-state index in [2.05, 4.69) is 16.2 Å². The van der Waals surface area contributed by atoms with Crippen LogP contribution in [0, 0.1) is 5.92 Å². The molecule has 0 spiro atoms. The summed E-state index contributed by atoms with van der Waals surface area (Å²) in [5.74, 6) is 1.65. The van der Waals surface area contributed by atoms with Crippen LogP contribution < -0.4 is 10.5 Å². The van der Waals surface area contributed by atoms with Crippen LogP contribution in [0.5, 0.6) is 5.88 Å². The number of nitrogens with two attached hydrogens (primary N) is 1. The molecule has 3 rings (SSSR count). The quantitative estimate of drug-likeness (QED) is 0.910. The third-order valence-electron chi connectivity index (χ3n) is 4.25. The molecule has 1 fully saturated rings. The Kier molecular flexibility index (Phi) is 3.14. The van der Waals surface area contributed by atoms with Crippen molar-refractivity contribution in [1.29, 1.82) is 0 Å². The van der Waals surface area contributed by atoms with Gasteiger partial charge >= 0.3 is 0 Å². The number of aryl methyl sites for hydroxylation is 1. The standard InChI is InChI=1S/C14H20N4O/c1-18-8-11(10(6-15)9-4-3-5-9)13-14(18)16-7-12(17-13)19-2/h7-10H,3-6,15H2,1-2H3. The van der Waals surface area contributed by atoms with E-state index < -0.39 is 0 Å². The van der Waals surface area contributed by atoms with Crippen LogP contribution in [0.1, 0.15) is 30.7 Å². The predicted molar refractivity (Wildman–Crippen MR) is 74.2 cm³/mol. The van der Waals surface area contributed by atoms with Crippen LogP contribution in [0.2, 0.25) is 0 Å². The first kappa shape index (κ1) is 12.4. The topological polar surface area (TPSA) is 66.0 Å². The highest BCUT2D eigenvalue weighted by Crippen LogP contribution is 2.40. The second-order valence-corrected chi connectivity index (χ2v) is 5.31. The number of hydrogen-bond acceptors (Lipinski definition) is 4. The van der Waals surface area contributed by atoms with Crippen molar-refractivity contribution in [3.05, 3.63) is 18.0 Å². The molecule has 1 saturated carbocycles. The van der Waals surface area contributed by atoms with E-state index in [1.807, 2.05) is 11.6 Å². The van der Waals surface area contributed by atoms with Gasteiger partial charge in [-0.2, -0.15) is 0 Å². The lowest BCUT2D eigenvalue weighted by molar-refractivity contribution is 0.264. The Morgan fingerprint density at radius 2 is 2.32 bits per heavy atom. The molecule has 2 N–H and O–H groups in total. The monoisotopic (exact) mass is 260 g/mol. The highest BCUT2D eigenvalue weighted by Gasteiger charge is 2.30. The first-order chi connectivity index (χ1) is 9.24. The normalized spacial score (nSPS) is 17.4. The fraction of sp³-hybridized carbons (Fsp3) is 0.571. The van der Waals surface area contributed by atoms with Gasteiger partial charge in [0.1, 0.15) is 5.52 Å².